The second kappa shape index (κ2) is 8.48. The molecule has 0 saturated heterocycles. The van der Waals surface area contributed by atoms with Crippen LogP contribution in [0.15, 0.2) is 53.0 Å². The third-order valence-electron chi connectivity index (χ3n) is 3.21. The van der Waals surface area contributed by atoms with Gasteiger partial charge in [0.2, 0.25) is 5.91 Å². The maximum Gasteiger partial charge on any atom is 0.244 e. The molecule has 3 nitrogen and oxygen atoms in total. The molecular formula is C18H17BrFNO2. The number of rotatable bonds is 6. The minimum Gasteiger partial charge on any atom is -0.496 e. The molecule has 0 spiro atoms. The Bertz CT molecular complexity index is 716. The van der Waals surface area contributed by atoms with Gasteiger partial charge in [-0.05, 0) is 48.4 Å². The van der Waals surface area contributed by atoms with Crippen molar-refractivity contribution in [2.75, 3.05) is 13.7 Å². The third kappa shape index (κ3) is 5.53. The van der Waals surface area contributed by atoms with Gasteiger partial charge in [-0.25, -0.2) is 4.39 Å². The monoisotopic (exact) mass is 377 g/mol. The molecule has 0 aromatic heterocycles. The zero-order valence-electron chi connectivity index (χ0n) is 12.7. The van der Waals surface area contributed by atoms with Gasteiger partial charge in [-0.1, -0.05) is 28.1 Å². The summed E-state index contributed by atoms with van der Waals surface area (Å²) in [5.74, 6) is 0.218. The van der Waals surface area contributed by atoms with Crippen molar-refractivity contribution in [2.24, 2.45) is 0 Å². The Kier molecular flexibility index (Phi) is 6.35. The largest absolute Gasteiger partial charge is 0.496 e. The SMILES string of the molecule is COc1ccc(Br)cc1/C=C/C(=O)NCCc1cccc(F)c1. The molecule has 0 heterocycles. The highest BCUT2D eigenvalue weighted by atomic mass is 79.9. The van der Waals surface area contributed by atoms with E-state index in [1.165, 1.54) is 18.2 Å². The zero-order chi connectivity index (χ0) is 16.7. The number of methoxy groups -OCH3 is 1. The summed E-state index contributed by atoms with van der Waals surface area (Å²) in [5, 5.41) is 2.77. The maximum absolute atomic E-state index is 13.1. The van der Waals surface area contributed by atoms with Crippen molar-refractivity contribution in [3.05, 3.63) is 70.0 Å². The van der Waals surface area contributed by atoms with Crippen LogP contribution in [0.5, 0.6) is 5.75 Å². The highest BCUT2D eigenvalue weighted by Crippen LogP contribution is 2.23. The normalized spacial score (nSPS) is 10.7. The van der Waals surface area contributed by atoms with Crippen molar-refractivity contribution in [2.45, 2.75) is 6.42 Å². The Hall–Kier alpha value is -2.14. The molecule has 0 fully saturated rings. The minimum atomic E-state index is -0.268. The molecule has 2 aromatic rings. The minimum absolute atomic E-state index is 0.205. The summed E-state index contributed by atoms with van der Waals surface area (Å²) in [7, 11) is 1.58. The Labute approximate surface area is 143 Å². The standard InChI is InChI=1S/C18H17BrFNO2/c1-23-17-7-6-15(19)12-14(17)5-8-18(22)21-10-9-13-3-2-4-16(20)11-13/h2-8,11-12H,9-10H2,1H3,(H,21,22)/b8-5+. The summed E-state index contributed by atoms with van der Waals surface area (Å²) in [6.07, 6.45) is 3.73. The van der Waals surface area contributed by atoms with Gasteiger partial charge in [0.25, 0.3) is 0 Å². The van der Waals surface area contributed by atoms with E-state index in [0.29, 0.717) is 18.7 Å². The van der Waals surface area contributed by atoms with Gasteiger partial charge in [0, 0.05) is 22.7 Å². The van der Waals surface area contributed by atoms with E-state index in [1.54, 1.807) is 19.3 Å². The lowest BCUT2D eigenvalue weighted by molar-refractivity contribution is -0.116. The van der Waals surface area contributed by atoms with Gasteiger partial charge < -0.3 is 10.1 Å². The van der Waals surface area contributed by atoms with Gasteiger partial charge in [-0.15, -0.1) is 0 Å². The van der Waals surface area contributed by atoms with E-state index < -0.39 is 0 Å². The quantitative estimate of drug-likeness (QED) is 0.773. The first kappa shape index (κ1) is 17.2. The number of hydrogen-bond donors (Lipinski definition) is 1. The first-order valence-electron chi connectivity index (χ1n) is 7.12. The summed E-state index contributed by atoms with van der Waals surface area (Å²) >= 11 is 3.39. The fraction of sp³-hybridized carbons (Fsp3) is 0.167. The Morgan fingerprint density at radius 1 is 1.30 bits per heavy atom. The molecule has 0 aliphatic carbocycles. The molecule has 0 bridgehead atoms. The number of halogens is 2. The fourth-order valence-electron chi connectivity index (χ4n) is 2.08. The number of amides is 1. The van der Waals surface area contributed by atoms with Gasteiger partial charge >= 0.3 is 0 Å². The van der Waals surface area contributed by atoms with Crippen molar-refractivity contribution < 1.29 is 13.9 Å². The lowest BCUT2D eigenvalue weighted by Gasteiger charge is -2.05. The lowest BCUT2D eigenvalue weighted by Crippen LogP contribution is -2.23. The summed E-state index contributed by atoms with van der Waals surface area (Å²) in [5.41, 5.74) is 1.66. The van der Waals surface area contributed by atoms with E-state index in [4.69, 9.17) is 4.74 Å². The van der Waals surface area contributed by atoms with Gasteiger partial charge in [0.05, 0.1) is 7.11 Å². The molecule has 5 heteroatoms. The predicted molar refractivity (Wildman–Crippen MR) is 92.8 cm³/mol. The average Bonchev–Trinajstić information content (AvgIpc) is 2.53. The van der Waals surface area contributed by atoms with Gasteiger partial charge in [-0.2, -0.15) is 0 Å². The van der Waals surface area contributed by atoms with Crippen molar-refractivity contribution in [1.29, 1.82) is 0 Å². The van der Waals surface area contributed by atoms with Crippen LogP contribution in [0.2, 0.25) is 0 Å². The molecule has 0 unspecified atom stereocenters. The van der Waals surface area contributed by atoms with E-state index in [9.17, 15) is 9.18 Å². The van der Waals surface area contributed by atoms with E-state index in [1.807, 2.05) is 24.3 Å². The van der Waals surface area contributed by atoms with E-state index >= 15 is 0 Å². The molecule has 2 rings (SSSR count). The first-order valence-corrected chi connectivity index (χ1v) is 7.91. The summed E-state index contributed by atoms with van der Waals surface area (Å²) in [4.78, 5) is 11.8. The predicted octanol–water partition coefficient (Wildman–Crippen LogP) is 3.97. The van der Waals surface area contributed by atoms with Crippen LogP contribution in [0.1, 0.15) is 11.1 Å². The molecule has 2 aromatic carbocycles. The van der Waals surface area contributed by atoms with E-state index in [2.05, 4.69) is 21.2 Å². The number of carbonyl (C=O) groups is 1. The first-order chi connectivity index (χ1) is 11.1. The van der Waals surface area contributed by atoms with E-state index in [0.717, 1.165) is 15.6 Å². The number of nitrogens with one attached hydrogen (secondary N) is 1. The third-order valence-corrected chi connectivity index (χ3v) is 3.70. The van der Waals surface area contributed by atoms with Crippen molar-refractivity contribution in [1.82, 2.24) is 5.32 Å². The molecule has 0 radical (unpaired) electrons. The fourth-order valence-corrected chi connectivity index (χ4v) is 2.46. The molecule has 0 aliphatic rings. The van der Waals surface area contributed by atoms with Crippen LogP contribution in [0.25, 0.3) is 6.08 Å². The number of hydrogen-bond acceptors (Lipinski definition) is 2. The summed E-state index contributed by atoms with van der Waals surface area (Å²) < 4.78 is 19.2. The second-order valence-electron chi connectivity index (χ2n) is 4.89. The average molecular weight is 378 g/mol. The molecule has 1 amide bonds. The highest BCUT2D eigenvalue weighted by Gasteiger charge is 2.02. The van der Waals surface area contributed by atoms with Crippen LogP contribution < -0.4 is 10.1 Å². The van der Waals surface area contributed by atoms with Gasteiger partial charge in [0.15, 0.2) is 0 Å². The topological polar surface area (TPSA) is 38.3 Å². The lowest BCUT2D eigenvalue weighted by atomic mass is 10.1. The molecule has 0 atom stereocenters. The summed E-state index contributed by atoms with van der Waals surface area (Å²) in [6.45, 7) is 0.447. The van der Waals surface area contributed by atoms with Gasteiger partial charge in [-0.3, -0.25) is 4.79 Å². The van der Waals surface area contributed by atoms with Crippen molar-refractivity contribution in [3.8, 4) is 5.75 Å². The smallest absolute Gasteiger partial charge is 0.244 e. The molecule has 0 aliphatic heterocycles. The molecule has 23 heavy (non-hydrogen) atoms. The maximum atomic E-state index is 13.1. The molecule has 0 saturated carbocycles. The van der Waals surface area contributed by atoms with Crippen LogP contribution in [0.3, 0.4) is 0 Å². The highest BCUT2D eigenvalue weighted by molar-refractivity contribution is 9.10. The second-order valence-corrected chi connectivity index (χ2v) is 5.81. The molecular weight excluding hydrogens is 361 g/mol. The van der Waals surface area contributed by atoms with E-state index in [-0.39, 0.29) is 11.7 Å². The molecule has 1 N–H and O–H groups in total. The van der Waals surface area contributed by atoms with Crippen LogP contribution in [-0.2, 0) is 11.2 Å². The van der Waals surface area contributed by atoms with Crippen molar-refractivity contribution in [3.63, 3.8) is 0 Å². The summed E-state index contributed by atoms with van der Waals surface area (Å²) in [6, 6.07) is 11.9. The Morgan fingerprint density at radius 2 is 2.13 bits per heavy atom. The number of carbonyl (C=O) groups excluding carboxylic acids is 1. The number of ether oxygens (including phenoxy) is 1. The van der Waals surface area contributed by atoms with Gasteiger partial charge in [0.1, 0.15) is 11.6 Å². The zero-order valence-corrected chi connectivity index (χ0v) is 14.3. The Balaban J connectivity index is 1.88. The van der Waals surface area contributed by atoms with Crippen LogP contribution in [0, 0.1) is 5.82 Å². The molecule has 120 valence electrons. The van der Waals surface area contributed by atoms with Crippen molar-refractivity contribution >= 4 is 27.9 Å². The van der Waals surface area contributed by atoms with Crippen LogP contribution in [0.4, 0.5) is 4.39 Å². The Morgan fingerprint density at radius 3 is 2.87 bits per heavy atom. The van der Waals surface area contributed by atoms with Crippen LogP contribution in [-0.4, -0.2) is 19.6 Å². The number of benzene rings is 2. The van der Waals surface area contributed by atoms with Crippen LogP contribution >= 0.6 is 15.9 Å².